The van der Waals surface area contributed by atoms with E-state index in [1.165, 1.54) is 25.7 Å². The molecule has 0 atom stereocenters. The van der Waals surface area contributed by atoms with Crippen molar-refractivity contribution in [3.63, 3.8) is 0 Å². The summed E-state index contributed by atoms with van der Waals surface area (Å²) in [7, 11) is 0. The zero-order valence-corrected chi connectivity index (χ0v) is 11.7. The molecule has 0 heterocycles. The summed E-state index contributed by atoms with van der Waals surface area (Å²) in [4.78, 5) is 0. The Morgan fingerprint density at radius 3 is 2.20 bits per heavy atom. The monoisotopic (exact) mass is 261 g/mol. The number of benzene rings is 1. The molecule has 0 aromatic heterocycles. The first kappa shape index (κ1) is 14.2. The van der Waals surface area contributed by atoms with Gasteiger partial charge in [-0.05, 0) is 67.9 Å². The number of allylic oxidation sites excluding steroid dienone is 3. The van der Waals surface area contributed by atoms with Crippen LogP contribution in [0.1, 0.15) is 36.8 Å². The van der Waals surface area contributed by atoms with E-state index in [1.807, 2.05) is 18.2 Å². The van der Waals surface area contributed by atoms with Crippen molar-refractivity contribution in [2.45, 2.75) is 25.7 Å². The Morgan fingerprint density at radius 1 is 1.00 bits per heavy atom. The standard InChI is InChI=1S/C19H19N/c1-2-16-7-9-17(10-8-16)5-3-4-6-18-11-13-19(15-20)14-12-18/h2-3,5,11-14,16-17H,1,7-10H2. The molecular formula is C19H19N. The van der Waals surface area contributed by atoms with Crippen LogP contribution in [0.15, 0.2) is 49.1 Å². The number of nitrogens with zero attached hydrogens (tertiary/aromatic N) is 1. The van der Waals surface area contributed by atoms with Crippen LogP contribution in [0.4, 0.5) is 0 Å². The Bertz CT molecular complexity index is 567. The minimum Gasteiger partial charge on any atom is -0.192 e. The van der Waals surface area contributed by atoms with Crippen molar-refractivity contribution in [1.29, 1.82) is 5.26 Å². The molecule has 0 aliphatic heterocycles. The van der Waals surface area contributed by atoms with Crippen molar-refractivity contribution in [3.8, 4) is 17.9 Å². The van der Waals surface area contributed by atoms with E-state index in [0.29, 0.717) is 17.4 Å². The fourth-order valence-electron chi connectivity index (χ4n) is 2.51. The van der Waals surface area contributed by atoms with Crippen LogP contribution in [0.2, 0.25) is 0 Å². The predicted molar refractivity (Wildman–Crippen MR) is 82.8 cm³/mol. The van der Waals surface area contributed by atoms with Crippen molar-refractivity contribution in [1.82, 2.24) is 0 Å². The lowest BCUT2D eigenvalue weighted by atomic mass is 9.82. The number of hydrogen-bond donors (Lipinski definition) is 0. The molecular weight excluding hydrogens is 242 g/mol. The topological polar surface area (TPSA) is 23.8 Å². The minimum atomic E-state index is 0.668. The number of nitriles is 1. The third-order valence-corrected chi connectivity index (χ3v) is 3.83. The number of rotatable bonds is 2. The van der Waals surface area contributed by atoms with E-state index in [4.69, 9.17) is 5.26 Å². The molecule has 20 heavy (non-hydrogen) atoms. The Balaban J connectivity index is 1.86. The lowest BCUT2D eigenvalue weighted by molar-refractivity contribution is 0.357. The second-order valence-electron chi connectivity index (χ2n) is 5.23. The molecule has 1 nitrogen and oxygen atoms in total. The highest BCUT2D eigenvalue weighted by molar-refractivity contribution is 5.41. The van der Waals surface area contributed by atoms with E-state index < -0.39 is 0 Å². The van der Waals surface area contributed by atoms with Gasteiger partial charge in [0.05, 0.1) is 11.6 Å². The van der Waals surface area contributed by atoms with Crippen molar-refractivity contribution >= 4 is 0 Å². The minimum absolute atomic E-state index is 0.668. The third kappa shape index (κ3) is 4.15. The first-order chi connectivity index (χ1) is 9.81. The van der Waals surface area contributed by atoms with Gasteiger partial charge in [-0.25, -0.2) is 0 Å². The quantitative estimate of drug-likeness (QED) is 0.569. The molecule has 1 aromatic carbocycles. The van der Waals surface area contributed by atoms with Crippen LogP contribution in [-0.2, 0) is 0 Å². The summed E-state index contributed by atoms with van der Waals surface area (Å²) in [6.45, 7) is 3.87. The fraction of sp³-hybridized carbons (Fsp3) is 0.316. The van der Waals surface area contributed by atoms with Gasteiger partial charge in [-0.3, -0.25) is 0 Å². The molecule has 0 unspecified atom stereocenters. The molecule has 1 aromatic rings. The first-order valence-corrected chi connectivity index (χ1v) is 7.12. The summed E-state index contributed by atoms with van der Waals surface area (Å²) in [5, 5.41) is 8.72. The van der Waals surface area contributed by atoms with Gasteiger partial charge in [0, 0.05) is 5.56 Å². The molecule has 1 aliphatic carbocycles. The highest BCUT2D eigenvalue weighted by Crippen LogP contribution is 2.29. The molecule has 0 bridgehead atoms. The van der Waals surface area contributed by atoms with E-state index in [0.717, 1.165) is 5.56 Å². The van der Waals surface area contributed by atoms with Gasteiger partial charge in [0.25, 0.3) is 0 Å². The summed E-state index contributed by atoms with van der Waals surface area (Å²) in [5.41, 5.74) is 1.62. The van der Waals surface area contributed by atoms with E-state index in [-0.39, 0.29) is 0 Å². The van der Waals surface area contributed by atoms with Gasteiger partial charge in [0.15, 0.2) is 0 Å². The van der Waals surface area contributed by atoms with E-state index in [9.17, 15) is 0 Å². The largest absolute Gasteiger partial charge is 0.192 e. The Morgan fingerprint density at radius 2 is 1.60 bits per heavy atom. The average Bonchev–Trinajstić information content (AvgIpc) is 2.53. The molecule has 0 amide bonds. The zero-order chi connectivity index (χ0) is 14.2. The van der Waals surface area contributed by atoms with E-state index in [2.05, 4.69) is 36.6 Å². The smallest absolute Gasteiger partial charge is 0.0991 e. The number of hydrogen-bond acceptors (Lipinski definition) is 1. The highest BCUT2D eigenvalue weighted by atomic mass is 14.2. The van der Waals surface area contributed by atoms with Gasteiger partial charge in [0.2, 0.25) is 0 Å². The predicted octanol–water partition coefficient (Wildman–Crippen LogP) is 4.46. The molecule has 1 saturated carbocycles. The second-order valence-corrected chi connectivity index (χ2v) is 5.23. The first-order valence-electron chi connectivity index (χ1n) is 7.12. The van der Waals surface area contributed by atoms with E-state index in [1.54, 1.807) is 12.1 Å². The highest BCUT2D eigenvalue weighted by Gasteiger charge is 2.16. The summed E-state index contributed by atoms with van der Waals surface area (Å²) >= 11 is 0. The Labute approximate surface area is 121 Å². The summed E-state index contributed by atoms with van der Waals surface area (Å²) < 4.78 is 0. The van der Waals surface area contributed by atoms with Gasteiger partial charge < -0.3 is 0 Å². The van der Waals surface area contributed by atoms with Crippen LogP contribution >= 0.6 is 0 Å². The summed E-state index contributed by atoms with van der Waals surface area (Å²) in [6, 6.07) is 9.46. The van der Waals surface area contributed by atoms with E-state index >= 15 is 0 Å². The Kier molecular flexibility index (Phi) is 5.22. The molecule has 100 valence electrons. The van der Waals surface area contributed by atoms with Gasteiger partial charge in [-0.2, -0.15) is 5.26 Å². The maximum absolute atomic E-state index is 8.72. The van der Waals surface area contributed by atoms with Crippen LogP contribution < -0.4 is 0 Å². The van der Waals surface area contributed by atoms with Crippen LogP contribution in [-0.4, -0.2) is 0 Å². The fourth-order valence-corrected chi connectivity index (χ4v) is 2.51. The van der Waals surface area contributed by atoms with Crippen molar-refractivity contribution < 1.29 is 0 Å². The van der Waals surface area contributed by atoms with Crippen molar-refractivity contribution in [2.24, 2.45) is 11.8 Å². The zero-order valence-electron chi connectivity index (χ0n) is 11.7. The molecule has 1 fully saturated rings. The van der Waals surface area contributed by atoms with Crippen LogP contribution in [0, 0.1) is 35.0 Å². The SMILES string of the molecule is C=CC1CCC(C=CC#Cc2ccc(C#N)cc2)CC1. The Hall–Kier alpha value is -2.25. The summed E-state index contributed by atoms with van der Waals surface area (Å²) in [5.74, 6) is 7.55. The van der Waals surface area contributed by atoms with Crippen molar-refractivity contribution in [2.75, 3.05) is 0 Å². The maximum Gasteiger partial charge on any atom is 0.0991 e. The second kappa shape index (κ2) is 7.37. The van der Waals surface area contributed by atoms with Crippen molar-refractivity contribution in [3.05, 3.63) is 60.2 Å². The lowest BCUT2D eigenvalue weighted by Crippen LogP contribution is -2.10. The molecule has 0 spiro atoms. The lowest BCUT2D eigenvalue weighted by Gasteiger charge is -2.23. The molecule has 1 heteroatoms. The molecule has 0 saturated heterocycles. The van der Waals surface area contributed by atoms with Crippen LogP contribution in [0.25, 0.3) is 0 Å². The summed E-state index contributed by atoms with van der Waals surface area (Å²) in [6.07, 6.45) is 11.3. The van der Waals surface area contributed by atoms with Gasteiger partial charge in [-0.1, -0.05) is 24.0 Å². The molecule has 1 aliphatic rings. The average molecular weight is 261 g/mol. The van der Waals surface area contributed by atoms with Gasteiger partial charge in [0.1, 0.15) is 0 Å². The van der Waals surface area contributed by atoms with Gasteiger partial charge >= 0.3 is 0 Å². The maximum atomic E-state index is 8.72. The third-order valence-electron chi connectivity index (χ3n) is 3.83. The molecule has 0 radical (unpaired) electrons. The molecule has 0 N–H and O–H groups in total. The van der Waals surface area contributed by atoms with Gasteiger partial charge in [-0.15, -0.1) is 6.58 Å². The normalized spacial score (nSPS) is 21.8. The molecule has 2 rings (SSSR count). The van der Waals surface area contributed by atoms with Crippen LogP contribution in [0.5, 0.6) is 0 Å². The van der Waals surface area contributed by atoms with Crippen LogP contribution in [0.3, 0.4) is 0 Å².